The summed E-state index contributed by atoms with van der Waals surface area (Å²) >= 11 is 0. The number of aliphatic carboxylic acids is 1. The first-order chi connectivity index (χ1) is 21.6. The molecule has 0 aliphatic heterocycles. The summed E-state index contributed by atoms with van der Waals surface area (Å²) in [4.78, 5) is 12.7. The molecule has 0 heterocycles. The molecule has 1 unspecified atom stereocenters. The Morgan fingerprint density at radius 1 is 0.386 bits per heavy atom. The Hall–Kier alpha value is -0.790. The van der Waals surface area contributed by atoms with Gasteiger partial charge in [0.2, 0.25) is 0 Å². The van der Waals surface area contributed by atoms with E-state index < -0.39 is 11.4 Å². The van der Waals surface area contributed by atoms with Crippen molar-refractivity contribution >= 4 is 5.97 Å². The largest absolute Gasteiger partial charge is 0.481 e. The minimum atomic E-state index is -0.497. The second-order valence-electron chi connectivity index (χ2n) is 14.4. The van der Waals surface area contributed by atoms with Crippen molar-refractivity contribution < 1.29 is 9.90 Å². The van der Waals surface area contributed by atoms with E-state index in [0.29, 0.717) is 0 Å². The van der Waals surface area contributed by atoms with Crippen LogP contribution in [0, 0.1) is 5.41 Å². The van der Waals surface area contributed by atoms with Gasteiger partial charge in [0.1, 0.15) is 0 Å². The Labute approximate surface area is 278 Å². The van der Waals surface area contributed by atoms with E-state index in [1.54, 1.807) is 0 Å². The molecule has 0 radical (unpaired) electrons. The third kappa shape index (κ3) is 28.7. The molecular weight excluding hydrogens is 536 g/mol. The van der Waals surface area contributed by atoms with Crippen LogP contribution in [0.25, 0.3) is 0 Å². The van der Waals surface area contributed by atoms with Gasteiger partial charge in [-0.05, 0) is 44.9 Å². The van der Waals surface area contributed by atoms with E-state index in [2.05, 4.69) is 32.9 Å². The van der Waals surface area contributed by atoms with Crippen molar-refractivity contribution in [1.29, 1.82) is 0 Å². The average Bonchev–Trinajstić information content (AvgIpc) is 3.02. The minimum Gasteiger partial charge on any atom is -0.481 e. The second-order valence-corrected chi connectivity index (χ2v) is 14.4. The lowest BCUT2D eigenvalue weighted by Gasteiger charge is -2.30. The van der Waals surface area contributed by atoms with Gasteiger partial charge in [-0.1, -0.05) is 213 Å². The van der Waals surface area contributed by atoms with Gasteiger partial charge in [-0.25, -0.2) is 0 Å². The lowest BCUT2D eigenvalue weighted by molar-refractivity contribution is -0.150. The lowest BCUT2D eigenvalue weighted by atomic mass is 9.74. The van der Waals surface area contributed by atoms with E-state index in [4.69, 9.17) is 0 Å². The summed E-state index contributed by atoms with van der Waals surface area (Å²) in [6.07, 6.45) is 49.4. The molecule has 0 spiro atoms. The molecule has 262 valence electrons. The van der Waals surface area contributed by atoms with Crippen molar-refractivity contribution in [1.82, 2.24) is 0 Å². The van der Waals surface area contributed by atoms with Gasteiger partial charge in [0.25, 0.3) is 0 Å². The smallest absolute Gasteiger partial charge is 0.309 e. The predicted molar refractivity (Wildman–Crippen MR) is 198 cm³/mol. The monoisotopic (exact) mass is 619 g/mol. The van der Waals surface area contributed by atoms with E-state index in [-0.39, 0.29) is 0 Å². The number of hydrogen-bond acceptors (Lipinski definition) is 1. The van der Waals surface area contributed by atoms with Crippen LogP contribution in [0.2, 0.25) is 0 Å². The summed E-state index contributed by atoms with van der Waals surface area (Å²) in [5.74, 6) is -0.497. The lowest BCUT2D eigenvalue weighted by Crippen LogP contribution is -2.31. The zero-order chi connectivity index (χ0) is 32.2. The number of allylic oxidation sites excluding steroid dienone is 2. The van der Waals surface area contributed by atoms with Gasteiger partial charge >= 0.3 is 5.97 Å². The van der Waals surface area contributed by atoms with Crippen molar-refractivity contribution in [3.8, 4) is 0 Å². The molecule has 0 aromatic heterocycles. The van der Waals surface area contributed by atoms with Crippen molar-refractivity contribution in [2.75, 3.05) is 0 Å². The van der Waals surface area contributed by atoms with Crippen molar-refractivity contribution in [2.24, 2.45) is 5.41 Å². The maximum Gasteiger partial charge on any atom is 0.309 e. The van der Waals surface area contributed by atoms with Crippen molar-refractivity contribution in [3.05, 3.63) is 12.2 Å². The molecule has 0 amide bonds. The average molecular weight is 619 g/mol. The number of carboxylic acid groups (broad SMARTS) is 1. The zero-order valence-electron chi connectivity index (χ0n) is 30.8. The van der Waals surface area contributed by atoms with Gasteiger partial charge in [-0.2, -0.15) is 0 Å². The number of unbranched alkanes of at least 4 members (excludes halogenated alkanes) is 28. The molecule has 44 heavy (non-hydrogen) atoms. The Morgan fingerprint density at radius 3 is 0.864 bits per heavy atom. The summed E-state index contributed by atoms with van der Waals surface area (Å²) in [7, 11) is 0. The third-order valence-corrected chi connectivity index (χ3v) is 10.1. The molecule has 2 nitrogen and oxygen atoms in total. The molecule has 0 bridgehead atoms. The fourth-order valence-electron chi connectivity index (χ4n) is 6.95. The summed E-state index contributed by atoms with van der Waals surface area (Å²) in [6, 6.07) is 0. The van der Waals surface area contributed by atoms with Gasteiger partial charge in [-0.15, -0.1) is 0 Å². The van der Waals surface area contributed by atoms with Crippen LogP contribution in [0.1, 0.15) is 245 Å². The van der Waals surface area contributed by atoms with E-state index in [0.717, 1.165) is 38.5 Å². The summed E-state index contributed by atoms with van der Waals surface area (Å²) < 4.78 is 0. The molecule has 0 saturated carbocycles. The van der Waals surface area contributed by atoms with Gasteiger partial charge in [-0.3, -0.25) is 4.79 Å². The summed E-state index contributed by atoms with van der Waals surface area (Å²) in [5, 5.41) is 10.4. The number of carbonyl (C=O) groups is 1. The van der Waals surface area contributed by atoms with Gasteiger partial charge in [0.15, 0.2) is 0 Å². The highest BCUT2D eigenvalue weighted by atomic mass is 16.4. The first kappa shape index (κ1) is 43.2. The molecule has 0 fully saturated rings. The molecule has 0 aliphatic rings. The zero-order valence-corrected chi connectivity index (χ0v) is 30.8. The summed E-state index contributed by atoms with van der Waals surface area (Å²) in [5.41, 5.74) is -0.465. The first-order valence-electron chi connectivity index (χ1n) is 20.5. The van der Waals surface area contributed by atoms with E-state index in [1.807, 2.05) is 0 Å². The molecule has 0 aromatic rings. The number of rotatable bonds is 37. The van der Waals surface area contributed by atoms with Crippen LogP contribution in [0.15, 0.2) is 12.2 Å². The molecule has 0 aromatic carbocycles. The second kappa shape index (κ2) is 35.1. The molecule has 2 heteroatoms. The molecule has 0 rings (SSSR count). The highest BCUT2D eigenvalue weighted by Crippen LogP contribution is 2.38. The van der Waals surface area contributed by atoms with Gasteiger partial charge in [0, 0.05) is 0 Å². The Balaban J connectivity index is 4.16. The van der Waals surface area contributed by atoms with Crippen molar-refractivity contribution in [3.63, 3.8) is 0 Å². The van der Waals surface area contributed by atoms with Gasteiger partial charge < -0.3 is 5.11 Å². The quantitative estimate of drug-likeness (QED) is 0.0555. The van der Waals surface area contributed by atoms with Crippen LogP contribution in [-0.2, 0) is 4.79 Å². The minimum absolute atomic E-state index is 0.465. The Kier molecular flexibility index (Phi) is 34.4. The Morgan fingerprint density at radius 2 is 0.614 bits per heavy atom. The maximum atomic E-state index is 12.7. The molecule has 0 saturated heterocycles. The van der Waals surface area contributed by atoms with Crippen LogP contribution < -0.4 is 0 Å². The van der Waals surface area contributed by atoms with E-state index in [1.165, 1.54) is 186 Å². The van der Waals surface area contributed by atoms with Crippen LogP contribution in [0.3, 0.4) is 0 Å². The molecule has 0 aliphatic carbocycles. The maximum absolute atomic E-state index is 12.7. The summed E-state index contributed by atoms with van der Waals surface area (Å²) in [6.45, 7) is 6.83. The van der Waals surface area contributed by atoms with Gasteiger partial charge in [0.05, 0.1) is 5.41 Å². The SMILES string of the molecule is CCCCCCCCC=CCCCCCCCCCCC(CCCCCCCC)(CCCCCCCCCCCC)C(=O)O. The van der Waals surface area contributed by atoms with E-state index in [9.17, 15) is 9.90 Å². The molecule has 1 atom stereocenters. The number of carboxylic acids is 1. The number of hydrogen-bond donors (Lipinski definition) is 1. The van der Waals surface area contributed by atoms with E-state index >= 15 is 0 Å². The topological polar surface area (TPSA) is 37.3 Å². The normalized spacial score (nSPS) is 13.2. The first-order valence-corrected chi connectivity index (χ1v) is 20.5. The van der Waals surface area contributed by atoms with Crippen molar-refractivity contribution in [2.45, 2.75) is 245 Å². The van der Waals surface area contributed by atoms with Crippen LogP contribution in [-0.4, -0.2) is 11.1 Å². The highest BCUT2D eigenvalue weighted by Gasteiger charge is 2.36. The fraction of sp³-hybridized carbons (Fsp3) is 0.929. The molecule has 1 N–H and O–H groups in total. The van der Waals surface area contributed by atoms with Crippen LogP contribution >= 0.6 is 0 Å². The third-order valence-electron chi connectivity index (χ3n) is 10.1. The highest BCUT2D eigenvalue weighted by molar-refractivity contribution is 5.74. The standard InChI is InChI=1S/C42H82O2/c1-4-7-10-13-16-18-20-21-22-23-24-25-26-27-29-31-34-37-40-42(41(43)44,38-35-32-15-12-9-6-3)39-36-33-30-28-19-17-14-11-8-5-2/h21-22H,4-20,23-40H2,1-3H3,(H,43,44). The predicted octanol–water partition coefficient (Wildman–Crippen LogP) is 15.3. The van der Waals surface area contributed by atoms with Crippen LogP contribution in [0.4, 0.5) is 0 Å². The fourth-order valence-corrected chi connectivity index (χ4v) is 6.95. The van der Waals surface area contributed by atoms with Crippen LogP contribution in [0.5, 0.6) is 0 Å². The Bertz CT molecular complexity index is 597. The molecular formula is C42H82O2.